The van der Waals surface area contributed by atoms with Crippen molar-refractivity contribution in [3.63, 3.8) is 0 Å². The molecule has 0 amide bonds. The van der Waals surface area contributed by atoms with Crippen molar-refractivity contribution < 1.29 is 0 Å². The Morgan fingerprint density at radius 1 is 1.50 bits per heavy atom. The van der Waals surface area contributed by atoms with Crippen molar-refractivity contribution >= 4 is 5.57 Å². The zero-order valence-corrected chi connectivity index (χ0v) is 8.96. The smallest absolute Gasteiger partial charge is 0.0701 e. The average molecular weight is 185 g/mol. The van der Waals surface area contributed by atoms with Crippen molar-refractivity contribution in [2.45, 2.75) is 26.7 Å². The van der Waals surface area contributed by atoms with Gasteiger partial charge in [-0.15, -0.1) is 0 Å². The van der Waals surface area contributed by atoms with E-state index in [4.69, 9.17) is 5.26 Å². The molecule has 1 heteroatoms. The highest BCUT2D eigenvalue weighted by Gasteiger charge is 2.08. The van der Waals surface area contributed by atoms with Crippen LogP contribution in [0.1, 0.15) is 36.5 Å². The van der Waals surface area contributed by atoms with Crippen LogP contribution in [0.3, 0.4) is 0 Å². The van der Waals surface area contributed by atoms with Gasteiger partial charge in [0.2, 0.25) is 0 Å². The lowest BCUT2D eigenvalue weighted by molar-refractivity contribution is 0.965. The van der Waals surface area contributed by atoms with Gasteiger partial charge in [-0.05, 0) is 43.5 Å². The van der Waals surface area contributed by atoms with Crippen LogP contribution in [0, 0.1) is 18.3 Å². The van der Waals surface area contributed by atoms with E-state index in [1.165, 1.54) is 5.56 Å². The summed E-state index contributed by atoms with van der Waals surface area (Å²) in [6.07, 6.45) is 0. The second-order valence-electron chi connectivity index (χ2n) is 3.70. The van der Waals surface area contributed by atoms with Crippen LogP contribution in [0.15, 0.2) is 24.8 Å². The molecule has 1 rings (SSSR count). The van der Waals surface area contributed by atoms with Gasteiger partial charge in [-0.3, -0.25) is 0 Å². The Bertz CT molecular complexity index is 396. The fraction of sp³-hybridized carbons (Fsp3) is 0.308. The largest absolute Gasteiger partial charge is 0.198 e. The van der Waals surface area contributed by atoms with E-state index in [0.717, 1.165) is 16.7 Å². The molecule has 0 aliphatic carbocycles. The van der Waals surface area contributed by atoms with Gasteiger partial charge in [0.05, 0.1) is 12.0 Å². The van der Waals surface area contributed by atoms with Crippen LogP contribution in [0.2, 0.25) is 0 Å². The molecule has 0 saturated heterocycles. The number of nitriles is 1. The highest BCUT2D eigenvalue weighted by atomic mass is 14.3. The topological polar surface area (TPSA) is 23.8 Å². The van der Waals surface area contributed by atoms with Crippen LogP contribution < -0.4 is 0 Å². The Labute approximate surface area is 85.7 Å². The molecule has 0 saturated carbocycles. The van der Waals surface area contributed by atoms with Crippen molar-refractivity contribution in [2.24, 2.45) is 0 Å². The van der Waals surface area contributed by atoms with Crippen LogP contribution in [0.5, 0.6) is 0 Å². The number of nitrogens with zero attached hydrogens (tertiary/aromatic N) is 1. The lowest BCUT2D eigenvalue weighted by atomic mass is 9.94. The summed E-state index contributed by atoms with van der Waals surface area (Å²) in [5, 5.41) is 8.87. The Hall–Kier alpha value is -1.55. The SMILES string of the molecule is C=C(C)c1ccc(C)c(C(C)C#N)c1. The van der Waals surface area contributed by atoms with Gasteiger partial charge in [0.25, 0.3) is 0 Å². The van der Waals surface area contributed by atoms with Crippen molar-refractivity contribution in [3.05, 3.63) is 41.5 Å². The first kappa shape index (κ1) is 10.5. The molecular weight excluding hydrogens is 170 g/mol. The van der Waals surface area contributed by atoms with E-state index in [1.54, 1.807) is 0 Å². The van der Waals surface area contributed by atoms with Gasteiger partial charge in [0, 0.05) is 0 Å². The van der Waals surface area contributed by atoms with Crippen molar-refractivity contribution in [2.75, 3.05) is 0 Å². The maximum Gasteiger partial charge on any atom is 0.0701 e. The lowest BCUT2D eigenvalue weighted by Crippen LogP contribution is -1.95. The summed E-state index contributed by atoms with van der Waals surface area (Å²) in [7, 11) is 0. The van der Waals surface area contributed by atoms with Crippen LogP contribution >= 0.6 is 0 Å². The van der Waals surface area contributed by atoms with Crippen molar-refractivity contribution in [1.82, 2.24) is 0 Å². The lowest BCUT2D eigenvalue weighted by Gasteiger charge is -2.10. The molecule has 0 aromatic heterocycles. The minimum absolute atomic E-state index is 0.0469. The molecule has 0 bridgehead atoms. The summed E-state index contributed by atoms with van der Waals surface area (Å²) in [6, 6.07) is 8.42. The molecule has 1 atom stereocenters. The highest BCUT2D eigenvalue weighted by Crippen LogP contribution is 2.23. The fourth-order valence-electron chi connectivity index (χ4n) is 1.44. The molecule has 14 heavy (non-hydrogen) atoms. The monoisotopic (exact) mass is 185 g/mol. The minimum atomic E-state index is -0.0469. The van der Waals surface area contributed by atoms with E-state index >= 15 is 0 Å². The summed E-state index contributed by atoms with van der Waals surface area (Å²) in [5.74, 6) is -0.0469. The minimum Gasteiger partial charge on any atom is -0.198 e. The van der Waals surface area contributed by atoms with E-state index in [1.807, 2.05) is 32.9 Å². The van der Waals surface area contributed by atoms with E-state index in [9.17, 15) is 0 Å². The third kappa shape index (κ3) is 2.03. The van der Waals surface area contributed by atoms with Crippen LogP contribution in [0.25, 0.3) is 5.57 Å². The zero-order valence-electron chi connectivity index (χ0n) is 8.96. The summed E-state index contributed by atoms with van der Waals surface area (Å²) in [4.78, 5) is 0. The van der Waals surface area contributed by atoms with E-state index in [2.05, 4.69) is 18.7 Å². The van der Waals surface area contributed by atoms with Gasteiger partial charge in [-0.25, -0.2) is 0 Å². The molecule has 1 aromatic carbocycles. The summed E-state index contributed by atoms with van der Waals surface area (Å²) < 4.78 is 0. The molecule has 1 unspecified atom stereocenters. The summed E-state index contributed by atoms with van der Waals surface area (Å²) >= 11 is 0. The normalized spacial score (nSPS) is 11.9. The molecule has 0 spiro atoms. The fourth-order valence-corrected chi connectivity index (χ4v) is 1.44. The van der Waals surface area contributed by atoms with Crippen molar-refractivity contribution in [1.29, 1.82) is 5.26 Å². The van der Waals surface area contributed by atoms with Crippen LogP contribution in [-0.2, 0) is 0 Å². The third-order valence-corrected chi connectivity index (χ3v) is 2.43. The Morgan fingerprint density at radius 2 is 2.14 bits per heavy atom. The van der Waals surface area contributed by atoms with Crippen LogP contribution in [-0.4, -0.2) is 0 Å². The molecule has 0 radical (unpaired) electrons. The first-order chi connectivity index (χ1) is 6.56. The molecular formula is C13H15N. The third-order valence-electron chi connectivity index (χ3n) is 2.43. The van der Waals surface area contributed by atoms with E-state index in [-0.39, 0.29) is 5.92 Å². The van der Waals surface area contributed by atoms with Gasteiger partial charge < -0.3 is 0 Å². The van der Waals surface area contributed by atoms with E-state index < -0.39 is 0 Å². The molecule has 0 aliphatic rings. The first-order valence-corrected chi connectivity index (χ1v) is 4.72. The molecule has 0 heterocycles. The van der Waals surface area contributed by atoms with Gasteiger partial charge in [-0.2, -0.15) is 5.26 Å². The van der Waals surface area contributed by atoms with Gasteiger partial charge in [-0.1, -0.05) is 24.3 Å². The standard InChI is InChI=1S/C13H15N/c1-9(2)12-6-5-10(3)13(7-12)11(4)8-14/h5-7,11H,1H2,2-4H3. The highest BCUT2D eigenvalue weighted by molar-refractivity contribution is 5.62. The maximum absolute atomic E-state index is 8.87. The number of aryl methyl sites for hydroxylation is 1. The number of benzene rings is 1. The number of hydrogen-bond donors (Lipinski definition) is 0. The van der Waals surface area contributed by atoms with Gasteiger partial charge >= 0.3 is 0 Å². The molecule has 0 N–H and O–H groups in total. The maximum atomic E-state index is 8.87. The molecule has 0 aliphatic heterocycles. The predicted molar refractivity (Wildman–Crippen MR) is 59.9 cm³/mol. The zero-order chi connectivity index (χ0) is 10.7. The number of allylic oxidation sites excluding steroid dienone is 1. The molecule has 72 valence electrons. The van der Waals surface area contributed by atoms with Gasteiger partial charge in [0.15, 0.2) is 0 Å². The van der Waals surface area contributed by atoms with E-state index in [0.29, 0.717) is 0 Å². The summed E-state index contributed by atoms with van der Waals surface area (Å²) in [5.41, 5.74) is 4.43. The molecule has 0 fully saturated rings. The second kappa shape index (κ2) is 4.11. The number of rotatable bonds is 2. The average Bonchev–Trinajstić information content (AvgIpc) is 2.17. The second-order valence-corrected chi connectivity index (χ2v) is 3.70. The quantitative estimate of drug-likeness (QED) is 0.689. The van der Waals surface area contributed by atoms with Gasteiger partial charge in [0.1, 0.15) is 0 Å². The Kier molecular flexibility index (Phi) is 3.09. The Morgan fingerprint density at radius 3 is 2.64 bits per heavy atom. The predicted octanol–water partition coefficient (Wildman–Crippen LogP) is 3.66. The molecule has 1 aromatic rings. The molecule has 1 nitrogen and oxygen atoms in total. The summed E-state index contributed by atoms with van der Waals surface area (Å²) in [6.45, 7) is 9.83. The van der Waals surface area contributed by atoms with Crippen molar-refractivity contribution in [3.8, 4) is 6.07 Å². The van der Waals surface area contributed by atoms with Crippen LogP contribution in [0.4, 0.5) is 0 Å². The number of hydrogen-bond acceptors (Lipinski definition) is 1. The first-order valence-electron chi connectivity index (χ1n) is 4.72. The Balaban J connectivity index is 3.23.